The molecule has 0 bridgehead atoms. The summed E-state index contributed by atoms with van der Waals surface area (Å²) < 4.78 is 21.4. The fourth-order valence-corrected chi connectivity index (χ4v) is 3.93. The fraction of sp³-hybridized carbons (Fsp3) is 0.897. The Labute approximate surface area is 230 Å². The van der Waals surface area contributed by atoms with Gasteiger partial charge in [-0.15, -0.1) is 0 Å². The van der Waals surface area contributed by atoms with Crippen molar-refractivity contribution in [3.63, 3.8) is 0 Å². The Morgan fingerprint density at radius 1 is 0.526 bits per heavy atom. The normalized spacial score (nSPS) is 11.1. The average molecular weight is 546 g/mol. The number of carbonyl (C=O) groups excluding carboxylic acids is 2. The van der Waals surface area contributed by atoms with Crippen LogP contribution in [0.4, 0.5) is 0 Å². The molecule has 0 saturated heterocycles. The number of hydrogen-bond acceptors (Lipinski definition) is 7. The van der Waals surface area contributed by atoms with E-state index in [2.05, 4.69) is 5.32 Å². The minimum atomic E-state index is -0.682. The first-order valence-corrected chi connectivity index (χ1v) is 14.9. The lowest BCUT2D eigenvalue weighted by molar-refractivity contribution is -0.137. The SMILES string of the molecule is O=CCCOCCOCCOCCOCCNC(=O)CCCCCCCCCCCCCCCCC(=O)O. The minimum absolute atomic E-state index is 0.0963. The quantitative estimate of drug-likeness (QED) is 0.0886. The van der Waals surface area contributed by atoms with Crippen LogP contribution in [0.25, 0.3) is 0 Å². The van der Waals surface area contributed by atoms with Crippen LogP contribution in [0.2, 0.25) is 0 Å². The number of aliphatic carboxylic acids is 1. The van der Waals surface area contributed by atoms with Gasteiger partial charge in [0.1, 0.15) is 6.29 Å². The first kappa shape index (κ1) is 36.5. The molecule has 9 nitrogen and oxygen atoms in total. The van der Waals surface area contributed by atoms with E-state index in [1.807, 2.05) is 0 Å². The highest BCUT2D eigenvalue weighted by atomic mass is 16.6. The van der Waals surface area contributed by atoms with Crippen molar-refractivity contribution in [1.82, 2.24) is 5.32 Å². The maximum Gasteiger partial charge on any atom is 0.303 e. The van der Waals surface area contributed by atoms with Gasteiger partial charge < -0.3 is 34.2 Å². The third-order valence-corrected chi connectivity index (χ3v) is 6.11. The molecule has 0 aliphatic heterocycles. The predicted octanol–water partition coefficient (Wildman–Crippen LogP) is 5.08. The van der Waals surface area contributed by atoms with Crippen LogP contribution >= 0.6 is 0 Å². The van der Waals surface area contributed by atoms with Crippen molar-refractivity contribution < 1.29 is 38.4 Å². The number of carboxylic acids is 1. The highest BCUT2D eigenvalue weighted by Gasteiger charge is 2.01. The molecule has 224 valence electrons. The monoisotopic (exact) mass is 545 g/mol. The van der Waals surface area contributed by atoms with Gasteiger partial charge in [-0.1, -0.05) is 77.0 Å². The van der Waals surface area contributed by atoms with Gasteiger partial charge in [0, 0.05) is 25.8 Å². The van der Waals surface area contributed by atoms with Gasteiger partial charge in [0.2, 0.25) is 5.91 Å². The summed E-state index contributed by atoms with van der Waals surface area (Å²) in [4.78, 5) is 32.5. The molecule has 0 radical (unpaired) electrons. The van der Waals surface area contributed by atoms with Crippen molar-refractivity contribution in [1.29, 1.82) is 0 Å². The van der Waals surface area contributed by atoms with Gasteiger partial charge >= 0.3 is 5.97 Å². The summed E-state index contributed by atoms with van der Waals surface area (Å²) in [6, 6.07) is 0. The Hall–Kier alpha value is -1.55. The number of nitrogens with one attached hydrogen (secondary N) is 1. The molecule has 1 amide bonds. The molecule has 0 heterocycles. The molecule has 0 aliphatic rings. The molecule has 0 aromatic rings. The molecule has 0 unspecified atom stereocenters. The zero-order chi connectivity index (χ0) is 27.8. The molecule has 0 fully saturated rings. The second-order valence-corrected chi connectivity index (χ2v) is 9.60. The molecule has 0 aliphatic carbocycles. The number of carbonyl (C=O) groups is 3. The Kier molecular flexibility index (Phi) is 30.4. The molecular weight excluding hydrogens is 490 g/mol. The summed E-state index contributed by atoms with van der Waals surface area (Å²) in [5.74, 6) is -0.586. The highest BCUT2D eigenvalue weighted by molar-refractivity contribution is 5.75. The van der Waals surface area contributed by atoms with Crippen molar-refractivity contribution in [2.45, 2.75) is 109 Å². The second kappa shape index (κ2) is 31.7. The summed E-state index contributed by atoms with van der Waals surface area (Å²) in [7, 11) is 0. The maximum absolute atomic E-state index is 11.9. The van der Waals surface area contributed by atoms with Gasteiger partial charge in [0.25, 0.3) is 0 Å². The zero-order valence-electron chi connectivity index (χ0n) is 23.8. The van der Waals surface area contributed by atoms with Crippen LogP contribution in [-0.2, 0) is 33.3 Å². The van der Waals surface area contributed by atoms with E-state index in [9.17, 15) is 14.4 Å². The smallest absolute Gasteiger partial charge is 0.303 e. The van der Waals surface area contributed by atoms with E-state index in [1.165, 1.54) is 57.8 Å². The Bertz CT molecular complexity index is 533. The molecule has 0 aromatic carbocycles. The van der Waals surface area contributed by atoms with E-state index in [-0.39, 0.29) is 5.91 Å². The summed E-state index contributed by atoms with van der Waals surface area (Å²) in [6.45, 7) is 4.37. The predicted molar refractivity (Wildman–Crippen MR) is 148 cm³/mol. The van der Waals surface area contributed by atoms with Crippen molar-refractivity contribution in [3.8, 4) is 0 Å². The number of hydrogen-bond donors (Lipinski definition) is 2. The van der Waals surface area contributed by atoms with Gasteiger partial charge in [-0.3, -0.25) is 9.59 Å². The van der Waals surface area contributed by atoms with Gasteiger partial charge in [0.05, 0.1) is 52.9 Å². The van der Waals surface area contributed by atoms with Crippen molar-refractivity contribution >= 4 is 18.2 Å². The molecular formula is C29H55NO8. The molecule has 0 saturated carbocycles. The van der Waals surface area contributed by atoms with Gasteiger partial charge in [0.15, 0.2) is 0 Å². The Morgan fingerprint density at radius 3 is 1.32 bits per heavy atom. The van der Waals surface area contributed by atoms with Crippen LogP contribution in [0.15, 0.2) is 0 Å². The number of ether oxygens (including phenoxy) is 4. The first-order chi connectivity index (χ1) is 18.7. The summed E-state index contributed by atoms with van der Waals surface area (Å²) in [5, 5.41) is 11.5. The molecule has 38 heavy (non-hydrogen) atoms. The Morgan fingerprint density at radius 2 is 0.895 bits per heavy atom. The van der Waals surface area contributed by atoms with Crippen LogP contribution in [0.5, 0.6) is 0 Å². The molecule has 9 heteroatoms. The van der Waals surface area contributed by atoms with Crippen molar-refractivity contribution in [2.75, 3.05) is 59.4 Å². The lowest BCUT2D eigenvalue weighted by Gasteiger charge is -2.08. The molecule has 0 rings (SSSR count). The minimum Gasteiger partial charge on any atom is -0.481 e. The van der Waals surface area contributed by atoms with Crippen molar-refractivity contribution in [3.05, 3.63) is 0 Å². The standard InChI is InChI=1S/C29H55NO8/c31-19-15-20-35-22-24-37-26-27-38-25-23-36-21-18-30-28(32)16-13-11-9-7-5-3-1-2-4-6-8-10-12-14-17-29(33)34/h19H,1-18,20-27H2,(H,30,32)(H,33,34). The van der Waals surface area contributed by atoms with Crippen LogP contribution in [0.1, 0.15) is 109 Å². The average Bonchev–Trinajstić information content (AvgIpc) is 2.90. The van der Waals surface area contributed by atoms with E-state index in [1.54, 1.807) is 0 Å². The highest BCUT2D eigenvalue weighted by Crippen LogP contribution is 2.13. The number of rotatable bonds is 32. The topological polar surface area (TPSA) is 120 Å². The van der Waals surface area contributed by atoms with Crippen LogP contribution in [0, 0.1) is 0 Å². The zero-order valence-corrected chi connectivity index (χ0v) is 23.8. The van der Waals surface area contributed by atoms with Crippen LogP contribution in [-0.4, -0.2) is 82.7 Å². The van der Waals surface area contributed by atoms with Gasteiger partial charge in [-0.05, 0) is 12.8 Å². The van der Waals surface area contributed by atoms with Crippen LogP contribution < -0.4 is 5.32 Å². The molecule has 0 spiro atoms. The van der Waals surface area contributed by atoms with E-state index < -0.39 is 5.97 Å². The van der Waals surface area contributed by atoms with Gasteiger partial charge in [-0.2, -0.15) is 0 Å². The number of carboxylic acid groups (broad SMARTS) is 1. The summed E-state index contributed by atoms with van der Waals surface area (Å²) in [6.07, 6.45) is 18.7. The van der Waals surface area contributed by atoms with E-state index >= 15 is 0 Å². The largest absolute Gasteiger partial charge is 0.481 e. The molecule has 0 aromatic heterocycles. The lowest BCUT2D eigenvalue weighted by atomic mass is 10.0. The number of aldehydes is 1. The lowest BCUT2D eigenvalue weighted by Crippen LogP contribution is -2.27. The van der Waals surface area contributed by atoms with E-state index in [0.717, 1.165) is 38.4 Å². The van der Waals surface area contributed by atoms with Crippen molar-refractivity contribution in [2.24, 2.45) is 0 Å². The third kappa shape index (κ3) is 32.5. The first-order valence-electron chi connectivity index (χ1n) is 14.9. The van der Waals surface area contributed by atoms with Crippen LogP contribution in [0.3, 0.4) is 0 Å². The third-order valence-electron chi connectivity index (χ3n) is 6.11. The second-order valence-electron chi connectivity index (χ2n) is 9.60. The fourth-order valence-electron chi connectivity index (χ4n) is 3.93. The van der Waals surface area contributed by atoms with Gasteiger partial charge in [-0.25, -0.2) is 0 Å². The number of unbranched alkanes of at least 4 members (excludes halogenated alkanes) is 13. The maximum atomic E-state index is 11.9. The Balaban J connectivity index is 3.16. The molecule has 2 N–H and O–H groups in total. The van der Waals surface area contributed by atoms with E-state index in [4.69, 9.17) is 24.1 Å². The van der Waals surface area contributed by atoms with E-state index in [0.29, 0.717) is 78.7 Å². The molecule has 0 atom stereocenters. The summed E-state index contributed by atoms with van der Waals surface area (Å²) >= 11 is 0. The number of amides is 1. The summed E-state index contributed by atoms with van der Waals surface area (Å²) in [5.41, 5.74) is 0.